The van der Waals surface area contributed by atoms with E-state index >= 15 is 0 Å². The largest absolute Gasteiger partial charge is 0.416 e. The summed E-state index contributed by atoms with van der Waals surface area (Å²) in [5.41, 5.74) is -0.348. The molecule has 20 heavy (non-hydrogen) atoms. The van der Waals surface area contributed by atoms with Gasteiger partial charge in [-0.1, -0.05) is 18.2 Å². The van der Waals surface area contributed by atoms with Crippen LogP contribution < -0.4 is 5.32 Å². The van der Waals surface area contributed by atoms with E-state index in [0.29, 0.717) is 23.1 Å². The van der Waals surface area contributed by atoms with Crippen molar-refractivity contribution in [2.24, 2.45) is 5.92 Å². The number of hydrogen-bond acceptors (Lipinski definition) is 6. The molecule has 2 rings (SSSR count). The van der Waals surface area contributed by atoms with Crippen LogP contribution in [0.15, 0.2) is 9.64 Å². The van der Waals surface area contributed by atoms with Gasteiger partial charge in [0.25, 0.3) is 5.22 Å². The smallest absolute Gasteiger partial charge is 0.276 e. The minimum Gasteiger partial charge on any atom is -0.416 e. The number of aromatic nitrogens is 2. The lowest BCUT2D eigenvalue weighted by Gasteiger charge is -2.31. The Morgan fingerprint density at radius 2 is 2.35 bits per heavy atom. The van der Waals surface area contributed by atoms with Crippen molar-refractivity contribution in [1.82, 2.24) is 15.5 Å². The van der Waals surface area contributed by atoms with Crippen molar-refractivity contribution in [3.05, 3.63) is 5.89 Å². The number of thioether (sulfide) groups is 1. The SMILES string of the molecule is Cc1nnc(SCCC2CCCC2(C#N)NC(C)C)o1. The topological polar surface area (TPSA) is 74.7 Å². The third-order valence-corrected chi connectivity index (χ3v) is 4.62. The van der Waals surface area contributed by atoms with Crippen molar-refractivity contribution in [2.45, 2.75) is 63.3 Å². The second-order valence-corrected chi connectivity index (χ2v) is 6.74. The van der Waals surface area contributed by atoms with Crippen LogP contribution in [0.2, 0.25) is 0 Å². The summed E-state index contributed by atoms with van der Waals surface area (Å²) in [6, 6.07) is 2.87. The summed E-state index contributed by atoms with van der Waals surface area (Å²) in [5.74, 6) is 1.92. The van der Waals surface area contributed by atoms with Gasteiger partial charge in [-0.3, -0.25) is 5.32 Å². The molecular formula is C14H22N4OS. The lowest BCUT2D eigenvalue weighted by Crippen LogP contribution is -2.50. The molecule has 1 N–H and O–H groups in total. The van der Waals surface area contributed by atoms with Crippen molar-refractivity contribution >= 4 is 11.8 Å². The first-order valence-electron chi connectivity index (χ1n) is 7.17. The van der Waals surface area contributed by atoms with Crippen LogP contribution in [0.3, 0.4) is 0 Å². The molecule has 6 heteroatoms. The van der Waals surface area contributed by atoms with Gasteiger partial charge >= 0.3 is 0 Å². The minimum absolute atomic E-state index is 0.335. The predicted octanol–water partition coefficient (Wildman–Crippen LogP) is 2.92. The van der Waals surface area contributed by atoms with E-state index in [1.54, 1.807) is 18.7 Å². The van der Waals surface area contributed by atoms with Crippen molar-refractivity contribution in [3.8, 4) is 6.07 Å². The van der Waals surface area contributed by atoms with Gasteiger partial charge in [0.2, 0.25) is 5.89 Å². The van der Waals surface area contributed by atoms with E-state index in [9.17, 15) is 5.26 Å². The number of aryl methyl sites for hydroxylation is 1. The Bertz CT molecular complexity index is 482. The summed E-state index contributed by atoms with van der Waals surface area (Å²) in [4.78, 5) is 0. The average Bonchev–Trinajstić information content (AvgIpc) is 2.97. The second kappa shape index (κ2) is 6.59. The normalized spacial score (nSPS) is 26.1. The fourth-order valence-electron chi connectivity index (χ4n) is 2.98. The van der Waals surface area contributed by atoms with Crippen LogP contribution in [0.25, 0.3) is 0 Å². The molecule has 1 saturated carbocycles. The summed E-state index contributed by atoms with van der Waals surface area (Å²) in [5, 5.41) is 21.5. The van der Waals surface area contributed by atoms with Gasteiger partial charge in [0, 0.05) is 18.7 Å². The zero-order chi connectivity index (χ0) is 14.6. The fraction of sp³-hybridized carbons (Fsp3) is 0.786. The Labute approximate surface area is 124 Å². The van der Waals surface area contributed by atoms with Crippen LogP contribution >= 0.6 is 11.8 Å². The lowest BCUT2D eigenvalue weighted by molar-refractivity contribution is 0.289. The molecule has 0 amide bonds. The zero-order valence-electron chi connectivity index (χ0n) is 12.3. The summed E-state index contributed by atoms with van der Waals surface area (Å²) in [6.45, 7) is 6.00. The van der Waals surface area contributed by atoms with Gasteiger partial charge in [-0.2, -0.15) is 5.26 Å². The van der Waals surface area contributed by atoms with Crippen LogP contribution in [-0.2, 0) is 0 Å². The maximum absolute atomic E-state index is 9.60. The summed E-state index contributed by atoms with van der Waals surface area (Å²) < 4.78 is 5.35. The number of nitrogens with zero attached hydrogens (tertiary/aromatic N) is 3. The monoisotopic (exact) mass is 294 g/mol. The van der Waals surface area contributed by atoms with Crippen LogP contribution in [0.1, 0.15) is 45.4 Å². The molecule has 0 spiro atoms. The Morgan fingerprint density at radius 1 is 1.55 bits per heavy atom. The van der Waals surface area contributed by atoms with E-state index in [1.807, 2.05) is 0 Å². The number of nitriles is 1. The molecule has 0 aromatic carbocycles. The lowest BCUT2D eigenvalue weighted by atomic mass is 9.86. The molecule has 1 aromatic heterocycles. The summed E-state index contributed by atoms with van der Waals surface area (Å²) >= 11 is 1.58. The van der Waals surface area contributed by atoms with E-state index in [-0.39, 0.29) is 5.54 Å². The molecule has 110 valence electrons. The molecule has 0 radical (unpaired) electrons. The van der Waals surface area contributed by atoms with Gasteiger partial charge in [0.05, 0.1) is 6.07 Å². The second-order valence-electron chi connectivity index (χ2n) is 5.70. The highest BCUT2D eigenvalue weighted by Crippen LogP contribution is 2.39. The van der Waals surface area contributed by atoms with E-state index in [0.717, 1.165) is 31.4 Å². The molecule has 2 atom stereocenters. The summed E-state index contributed by atoms with van der Waals surface area (Å²) in [7, 11) is 0. The van der Waals surface area contributed by atoms with Crippen LogP contribution in [0.5, 0.6) is 0 Å². The average molecular weight is 294 g/mol. The first-order chi connectivity index (χ1) is 9.55. The number of nitrogens with one attached hydrogen (secondary N) is 1. The standard InChI is InChI=1S/C14H22N4OS/c1-10(2)16-14(9-15)7-4-5-12(14)6-8-20-13-18-17-11(3)19-13/h10,12,16H,4-8H2,1-3H3. The maximum Gasteiger partial charge on any atom is 0.276 e. The Kier molecular flexibility index (Phi) is 5.06. The van der Waals surface area contributed by atoms with Gasteiger partial charge in [-0.05, 0) is 39.0 Å². The number of rotatable bonds is 6. The van der Waals surface area contributed by atoms with Crippen LogP contribution in [0.4, 0.5) is 0 Å². The Hall–Kier alpha value is -1.06. The highest BCUT2D eigenvalue weighted by Gasteiger charge is 2.43. The van der Waals surface area contributed by atoms with Crippen molar-refractivity contribution in [2.75, 3.05) is 5.75 Å². The predicted molar refractivity (Wildman–Crippen MR) is 78.3 cm³/mol. The highest BCUT2D eigenvalue weighted by atomic mass is 32.2. The minimum atomic E-state index is -0.348. The quantitative estimate of drug-likeness (QED) is 0.813. The highest BCUT2D eigenvalue weighted by molar-refractivity contribution is 7.99. The summed E-state index contributed by atoms with van der Waals surface area (Å²) in [6.07, 6.45) is 4.20. The molecule has 2 unspecified atom stereocenters. The Morgan fingerprint density at radius 3 is 2.95 bits per heavy atom. The first kappa shape index (κ1) is 15.3. The van der Waals surface area contributed by atoms with E-state index in [4.69, 9.17) is 4.42 Å². The molecule has 0 saturated heterocycles. The van der Waals surface area contributed by atoms with E-state index in [1.165, 1.54) is 0 Å². The van der Waals surface area contributed by atoms with Crippen molar-refractivity contribution < 1.29 is 4.42 Å². The molecule has 0 bridgehead atoms. The van der Waals surface area contributed by atoms with Crippen LogP contribution in [0, 0.1) is 24.2 Å². The Balaban J connectivity index is 1.89. The van der Waals surface area contributed by atoms with Gasteiger partial charge in [0.1, 0.15) is 5.54 Å². The third kappa shape index (κ3) is 3.53. The molecule has 5 nitrogen and oxygen atoms in total. The maximum atomic E-state index is 9.60. The molecule has 1 fully saturated rings. The van der Waals surface area contributed by atoms with Gasteiger partial charge in [-0.25, -0.2) is 0 Å². The molecule has 1 aliphatic rings. The van der Waals surface area contributed by atoms with Crippen molar-refractivity contribution in [3.63, 3.8) is 0 Å². The first-order valence-corrected chi connectivity index (χ1v) is 8.16. The molecule has 1 heterocycles. The third-order valence-electron chi connectivity index (χ3n) is 3.77. The van der Waals surface area contributed by atoms with E-state index in [2.05, 4.69) is 35.4 Å². The van der Waals surface area contributed by atoms with Crippen molar-refractivity contribution in [1.29, 1.82) is 5.26 Å². The van der Waals surface area contributed by atoms with Gasteiger partial charge in [0.15, 0.2) is 0 Å². The molecule has 1 aromatic rings. The molecular weight excluding hydrogens is 272 g/mol. The van der Waals surface area contributed by atoms with E-state index < -0.39 is 0 Å². The van der Waals surface area contributed by atoms with Gasteiger partial charge in [-0.15, -0.1) is 10.2 Å². The molecule has 1 aliphatic carbocycles. The number of hydrogen-bond donors (Lipinski definition) is 1. The fourth-order valence-corrected chi connectivity index (χ4v) is 3.83. The van der Waals surface area contributed by atoms with Crippen LogP contribution in [-0.4, -0.2) is 27.5 Å². The zero-order valence-corrected chi connectivity index (χ0v) is 13.2. The van der Waals surface area contributed by atoms with Gasteiger partial charge < -0.3 is 4.42 Å². The molecule has 0 aliphatic heterocycles.